The first-order valence-electron chi connectivity index (χ1n) is 8.97. The molecule has 0 spiro atoms. The lowest BCUT2D eigenvalue weighted by molar-refractivity contribution is 0.0746. The molecule has 5 heteroatoms. The molecule has 2 aromatic carbocycles. The Hall–Kier alpha value is -2.95. The van der Waals surface area contributed by atoms with Gasteiger partial charge in [-0.05, 0) is 37.6 Å². The van der Waals surface area contributed by atoms with E-state index < -0.39 is 0 Å². The van der Waals surface area contributed by atoms with Crippen molar-refractivity contribution in [3.8, 4) is 0 Å². The fraction of sp³-hybridized carbons (Fsp3) is 0.286. The van der Waals surface area contributed by atoms with Gasteiger partial charge in [-0.15, -0.1) is 0 Å². The smallest absolute Gasteiger partial charge is 0.254 e. The molecule has 4 rings (SSSR count). The van der Waals surface area contributed by atoms with Gasteiger partial charge in [-0.1, -0.05) is 30.3 Å². The lowest BCUT2D eigenvalue weighted by Gasteiger charge is -2.36. The van der Waals surface area contributed by atoms with Gasteiger partial charge in [0, 0.05) is 31.7 Å². The number of fused-ring (bicyclic) bond motifs is 1. The normalized spacial score (nSPS) is 14.7. The third kappa shape index (κ3) is 3.01. The van der Waals surface area contributed by atoms with Gasteiger partial charge in [0.25, 0.3) is 5.91 Å². The number of anilines is 1. The number of nitrogens with zero attached hydrogens (tertiary/aromatic N) is 4. The van der Waals surface area contributed by atoms with Crippen LogP contribution in [0.25, 0.3) is 11.0 Å². The molecule has 0 radical (unpaired) electrons. The Morgan fingerprint density at radius 2 is 1.46 bits per heavy atom. The minimum atomic E-state index is 0.115. The van der Waals surface area contributed by atoms with Crippen LogP contribution >= 0.6 is 0 Å². The summed E-state index contributed by atoms with van der Waals surface area (Å²) in [6.45, 7) is 6.91. The van der Waals surface area contributed by atoms with Gasteiger partial charge in [0.15, 0.2) is 5.82 Å². The number of benzene rings is 2. The van der Waals surface area contributed by atoms with Gasteiger partial charge in [0.05, 0.1) is 16.7 Å². The summed E-state index contributed by atoms with van der Waals surface area (Å²) in [6.07, 6.45) is 0. The summed E-state index contributed by atoms with van der Waals surface area (Å²) < 4.78 is 0. The molecule has 1 aromatic heterocycles. The van der Waals surface area contributed by atoms with Crippen LogP contribution in [0.3, 0.4) is 0 Å². The molecule has 5 nitrogen and oxygen atoms in total. The second-order valence-corrected chi connectivity index (χ2v) is 6.72. The van der Waals surface area contributed by atoms with E-state index in [0.29, 0.717) is 13.1 Å². The summed E-state index contributed by atoms with van der Waals surface area (Å²) in [5.41, 5.74) is 4.58. The third-order valence-corrected chi connectivity index (χ3v) is 4.96. The molecule has 1 saturated heterocycles. The van der Waals surface area contributed by atoms with Crippen LogP contribution in [0.15, 0.2) is 48.5 Å². The second-order valence-electron chi connectivity index (χ2n) is 6.72. The molecular formula is C21H22N4O. The maximum absolute atomic E-state index is 12.8. The van der Waals surface area contributed by atoms with Gasteiger partial charge in [0.1, 0.15) is 0 Å². The molecular weight excluding hydrogens is 324 g/mol. The average molecular weight is 346 g/mol. The second kappa shape index (κ2) is 6.75. The minimum Gasteiger partial charge on any atom is -0.352 e. The Kier molecular flexibility index (Phi) is 4.29. The van der Waals surface area contributed by atoms with Gasteiger partial charge in [-0.2, -0.15) is 0 Å². The fourth-order valence-corrected chi connectivity index (χ4v) is 3.48. The molecule has 132 valence electrons. The predicted molar refractivity (Wildman–Crippen MR) is 104 cm³/mol. The first-order chi connectivity index (χ1) is 12.6. The van der Waals surface area contributed by atoms with Crippen LogP contribution in [-0.4, -0.2) is 47.0 Å². The lowest BCUT2D eigenvalue weighted by atomic mass is 10.1. The average Bonchev–Trinajstić information content (AvgIpc) is 2.67. The van der Waals surface area contributed by atoms with Gasteiger partial charge in [-0.25, -0.2) is 9.97 Å². The molecule has 3 aromatic rings. The quantitative estimate of drug-likeness (QED) is 0.715. The van der Waals surface area contributed by atoms with Crippen LogP contribution < -0.4 is 4.90 Å². The van der Waals surface area contributed by atoms with Crippen molar-refractivity contribution in [1.29, 1.82) is 0 Å². The van der Waals surface area contributed by atoms with Gasteiger partial charge in [-0.3, -0.25) is 4.79 Å². The largest absolute Gasteiger partial charge is 0.352 e. The molecule has 1 aliphatic heterocycles. The number of hydrogen-bond acceptors (Lipinski definition) is 4. The molecule has 2 heterocycles. The Bertz CT molecular complexity index is 961. The standard InChI is InChI=1S/C21H22N4O/c1-15-7-3-4-8-17(15)21(26)25-13-11-24(12-14-25)20-16(2)22-18-9-5-6-10-19(18)23-20/h3-10H,11-14H2,1-2H3. The van der Waals surface area contributed by atoms with Gasteiger partial charge in [0.2, 0.25) is 0 Å². The minimum absolute atomic E-state index is 0.115. The SMILES string of the molecule is Cc1ccccc1C(=O)N1CCN(c2nc3ccccc3nc2C)CC1. The van der Waals surface area contributed by atoms with E-state index in [2.05, 4.69) is 9.88 Å². The zero-order chi connectivity index (χ0) is 18.1. The van der Waals surface area contributed by atoms with E-state index in [0.717, 1.165) is 46.8 Å². The van der Waals surface area contributed by atoms with E-state index in [4.69, 9.17) is 4.98 Å². The molecule has 0 atom stereocenters. The van der Waals surface area contributed by atoms with Gasteiger partial charge >= 0.3 is 0 Å². The van der Waals surface area contributed by atoms with Crippen LogP contribution in [0.2, 0.25) is 0 Å². The van der Waals surface area contributed by atoms with E-state index in [9.17, 15) is 4.79 Å². The number of amides is 1. The van der Waals surface area contributed by atoms with E-state index in [1.807, 2.05) is 67.3 Å². The zero-order valence-electron chi connectivity index (χ0n) is 15.1. The number of para-hydroxylation sites is 2. The van der Waals surface area contributed by atoms with E-state index in [-0.39, 0.29) is 5.91 Å². The van der Waals surface area contributed by atoms with Crippen molar-refractivity contribution in [1.82, 2.24) is 14.9 Å². The van der Waals surface area contributed by atoms with Crippen molar-refractivity contribution in [3.05, 3.63) is 65.4 Å². The first-order valence-corrected chi connectivity index (χ1v) is 8.97. The lowest BCUT2D eigenvalue weighted by Crippen LogP contribution is -2.49. The van der Waals surface area contributed by atoms with Crippen molar-refractivity contribution in [2.45, 2.75) is 13.8 Å². The zero-order valence-corrected chi connectivity index (χ0v) is 15.1. The van der Waals surface area contributed by atoms with Crippen LogP contribution in [0, 0.1) is 13.8 Å². The van der Waals surface area contributed by atoms with Crippen molar-refractivity contribution in [2.24, 2.45) is 0 Å². The molecule has 1 fully saturated rings. The fourth-order valence-electron chi connectivity index (χ4n) is 3.48. The molecule has 0 saturated carbocycles. The summed E-state index contributed by atoms with van der Waals surface area (Å²) in [5.74, 6) is 1.04. The summed E-state index contributed by atoms with van der Waals surface area (Å²) >= 11 is 0. The maximum atomic E-state index is 12.8. The number of rotatable bonds is 2. The summed E-state index contributed by atoms with van der Waals surface area (Å²) in [4.78, 5) is 26.4. The molecule has 0 bridgehead atoms. The molecule has 0 aliphatic carbocycles. The summed E-state index contributed by atoms with van der Waals surface area (Å²) in [7, 11) is 0. The van der Waals surface area contributed by atoms with Crippen molar-refractivity contribution < 1.29 is 4.79 Å². The monoisotopic (exact) mass is 346 g/mol. The highest BCUT2D eigenvalue weighted by Gasteiger charge is 2.24. The summed E-state index contributed by atoms with van der Waals surface area (Å²) in [5, 5.41) is 0. The maximum Gasteiger partial charge on any atom is 0.254 e. The van der Waals surface area contributed by atoms with E-state index in [1.54, 1.807) is 0 Å². The van der Waals surface area contributed by atoms with E-state index >= 15 is 0 Å². The van der Waals surface area contributed by atoms with Crippen molar-refractivity contribution in [3.63, 3.8) is 0 Å². The van der Waals surface area contributed by atoms with Crippen LogP contribution in [-0.2, 0) is 0 Å². The van der Waals surface area contributed by atoms with Crippen LogP contribution in [0.5, 0.6) is 0 Å². The van der Waals surface area contributed by atoms with Crippen molar-refractivity contribution >= 4 is 22.8 Å². The Morgan fingerprint density at radius 3 is 2.15 bits per heavy atom. The predicted octanol–water partition coefficient (Wildman–Crippen LogP) is 3.21. The molecule has 1 amide bonds. The van der Waals surface area contributed by atoms with Crippen LogP contribution in [0.1, 0.15) is 21.6 Å². The molecule has 1 aliphatic rings. The summed E-state index contributed by atoms with van der Waals surface area (Å²) in [6, 6.07) is 15.7. The topological polar surface area (TPSA) is 49.3 Å². The number of aryl methyl sites for hydroxylation is 2. The van der Waals surface area contributed by atoms with Crippen LogP contribution in [0.4, 0.5) is 5.82 Å². The Morgan fingerprint density at radius 1 is 0.846 bits per heavy atom. The molecule has 26 heavy (non-hydrogen) atoms. The Labute approximate surface area is 153 Å². The number of piperazine rings is 1. The highest BCUT2D eigenvalue weighted by molar-refractivity contribution is 5.95. The molecule has 0 N–H and O–H groups in total. The van der Waals surface area contributed by atoms with Crippen molar-refractivity contribution in [2.75, 3.05) is 31.1 Å². The number of hydrogen-bond donors (Lipinski definition) is 0. The highest BCUT2D eigenvalue weighted by atomic mass is 16.2. The number of carbonyl (C=O) groups is 1. The van der Waals surface area contributed by atoms with E-state index in [1.165, 1.54) is 0 Å². The Balaban J connectivity index is 1.51. The highest BCUT2D eigenvalue weighted by Crippen LogP contribution is 2.22. The number of carbonyl (C=O) groups excluding carboxylic acids is 1. The third-order valence-electron chi connectivity index (χ3n) is 4.96. The first kappa shape index (κ1) is 16.5. The van der Waals surface area contributed by atoms with Gasteiger partial charge < -0.3 is 9.80 Å². The number of aromatic nitrogens is 2. The molecule has 0 unspecified atom stereocenters.